The molecule has 0 heterocycles. The van der Waals surface area contributed by atoms with Crippen LogP contribution in [0.4, 0.5) is 10.5 Å². The van der Waals surface area contributed by atoms with Crippen molar-refractivity contribution in [3.8, 4) is 0 Å². The highest BCUT2D eigenvalue weighted by Gasteiger charge is 2.05. The van der Waals surface area contributed by atoms with E-state index < -0.39 is 6.09 Å². The second-order valence-corrected chi connectivity index (χ2v) is 9.86. The Bertz CT molecular complexity index is 1130. The number of carbonyl (C=O) groups excluding carboxylic acids is 3. The fourth-order valence-electron chi connectivity index (χ4n) is 3.82. The van der Waals surface area contributed by atoms with Crippen molar-refractivity contribution in [2.45, 2.75) is 79.1 Å². The van der Waals surface area contributed by atoms with Crippen LogP contribution in [-0.4, -0.2) is 37.5 Å². The summed E-state index contributed by atoms with van der Waals surface area (Å²) in [6.07, 6.45) is 16.7. The number of hydrogen-bond donors (Lipinski definition) is 1. The SMILES string of the molecule is CCCCC/C=C\C(C)CC.CCOC(=O)Nc1cccc(CCCC(=O)/C=C\C(=NC)c2ccc(C=O)cc2)c1. The van der Waals surface area contributed by atoms with Crippen LogP contribution in [0, 0.1) is 5.92 Å². The van der Waals surface area contributed by atoms with Crippen molar-refractivity contribution in [1.29, 1.82) is 0 Å². The molecule has 6 nitrogen and oxygen atoms in total. The van der Waals surface area contributed by atoms with E-state index in [-0.39, 0.29) is 5.78 Å². The van der Waals surface area contributed by atoms with Crippen molar-refractivity contribution in [3.05, 3.63) is 89.5 Å². The molecule has 0 saturated heterocycles. The van der Waals surface area contributed by atoms with E-state index >= 15 is 0 Å². The number of rotatable bonds is 16. The molecule has 0 fully saturated rings. The highest BCUT2D eigenvalue weighted by atomic mass is 16.5. The third kappa shape index (κ3) is 16.2. The van der Waals surface area contributed by atoms with E-state index in [9.17, 15) is 14.4 Å². The lowest BCUT2D eigenvalue weighted by Gasteiger charge is -2.07. The number of aldehydes is 1. The first kappa shape index (κ1) is 35.2. The van der Waals surface area contributed by atoms with Crippen molar-refractivity contribution in [3.63, 3.8) is 0 Å². The summed E-state index contributed by atoms with van der Waals surface area (Å²) in [5, 5.41) is 2.67. The number of amides is 1. The number of aliphatic imine (C=N–C) groups is 1. The maximum absolute atomic E-state index is 12.2. The zero-order valence-corrected chi connectivity index (χ0v) is 25.5. The molecule has 1 atom stereocenters. The van der Waals surface area contributed by atoms with Crippen LogP contribution in [0.1, 0.15) is 94.1 Å². The Balaban J connectivity index is 0.000000646. The van der Waals surface area contributed by atoms with E-state index in [4.69, 9.17) is 4.74 Å². The Labute approximate surface area is 247 Å². The molecule has 0 radical (unpaired) electrons. The van der Waals surface area contributed by atoms with Crippen LogP contribution in [0.5, 0.6) is 0 Å². The summed E-state index contributed by atoms with van der Waals surface area (Å²) in [6, 6.07) is 14.5. The number of unbranched alkanes of at least 4 members (excludes halogenated alkanes) is 3. The molecular weight excluding hydrogens is 512 g/mol. The average Bonchev–Trinajstić information content (AvgIpc) is 2.98. The Kier molecular flexibility index (Phi) is 18.9. The number of anilines is 1. The van der Waals surface area contributed by atoms with Gasteiger partial charge in [-0.2, -0.15) is 0 Å². The average molecular weight is 561 g/mol. The van der Waals surface area contributed by atoms with Gasteiger partial charge >= 0.3 is 6.09 Å². The van der Waals surface area contributed by atoms with Gasteiger partial charge < -0.3 is 4.74 Å². The number of aryl methyl sites for hydroxylation is 1. The monoisotopic (exact) mass is 560 g/mol. The zero-order chi connectivity index (χ0) is 30.3. The molecule has 0 aliphatic rings. The summed E-state index contributed by atoms with van der Waals surface area (Å²) >= 11 is 0. The second kappa shape index (κ2) is 22.0. The lowest BCUT2D eigenvalue weighted by molar-refractivity contribution is -0.114. The van der Waals surface area contributed by atoms with Gasteiger partial charge in [-0.3, -0.25) is 19.9 Å². The molecule has 0 saturated carbocycles. The van der Waals surface area contributed by atoms with Gasteiger partial charge in [-0.15, -0.1) is 0 Å². The molecule has 0 aromatic heterocycles. The van der Waals surface area contributed by atoms with E-state index in [2.05, 4.69) is 43.2 Å². The normalized spacial score (nSPS) is 12.1. The van der Waals surface area contributed by atoms with Gasteiger partial charge in [0, 0.05) is 24.7 Å². The van der Waals surface area contributed by atoms with E-state index in [1.165, 1.54) is 38.2 Å². The minimum absolute atomic E-state index is 0.0152. The number of nitrogens with zero attached hydrogens (tertiary/aromatic N) is 1. The van der Waals surface area contributed by atoms with Gasteiger partial charge in [0.25, 0.3) is 0 Å². The lowest BCUT2D eigenvalue weighted by atomic mass is 10.0. The van der Waals surface area contributed by atoms with Crippen LogP contribution in [0.25, 0.3) is 0 Å². The summed E-state index contributed by atoms with van der Waals surface area (Å²) in [5.41, 5.74) is 3.82. The van der Waals surface area contributed by atoms with Gasteiger partial charge in [-0.25, -0.2) is 4.79 Å². The highest BCUT2D eigenvalue weighted by Crippen LogP contribution is 2.14. The number of benzene rings is 2. The Hall–Kier alpha value is -3.80. The first-order valence-electron chi connectivity index (χ1n) is 14.8. The number of ether oxygens (including phenoxy) is 1. The van der Waals surface area contributed by atoms with Crippen LogP contribution in [0.3, 0.4) is 0 Å². The smallest absolute Gasteiger partial charge is 0.411 e. The summed E-state index contributed by atoms with van der Waals surface area (Å²) in [4.78, 5) is 38.7. The number of nitrogens with one attached hydrogen (secondary N) is 1. The van der Waals surface area contributed by atoms with Crippen molar-refractivity contribution in [2.75, 3.05) is 19.0 Å². The van der Waals surface area contributed by atoms with E-state index in [1.807, 2.05) is 18.2 Å². The number of carbonyl (C=O) groups is 3. The Morgan fingerprint density at radius 3 is 2.39 bits per heavy atom. The zero-order valence-electron chi connectivity index (χ0n) is 25.5. The molecule has 2 rings (SSSR count). The molecule has 0 aliphatic carbocycles. The molecule has 0 bridgehead atoms. The molecule has 1 N–H and O–H groups in total. The molecule has 222 valence electrons. The van der Waals surface area contributed by atoms with Gasteiger partial charge in [0.15, 0.2) is 5.78 Å². The van der Waals surface area contributed by atoms with Gasteiger partial charge in [-0.05, 0) is 73.9 Å². The molecule has 2 aromatic rings. The fourth-order valence-corrected chi connectivity index (χ4v) is 3.82. The lowest BCUT2D eigenvalue weighted by Crippen LogP contribution is -2.13. The Morgan fingerprint density at radius 1 is 1.00 bits per heavy atom. The third-order valence-corrected chi connectivity index (χ3v) is 6.43. The van der Waals surface area contributed by atoms with Gasteiger partial charge in [0.2, 0.25) is 0 Å². The molecular formula is C35H48N2O4. The first-order valence-corrected chi connectivity index (χ1v) is 14.8. The maximum atomic E-state index is 12.2. The minimum atomic E-state index is -0.482. The van der Waals surface area contributed by atoms with Crippen LogP contribution >= 0.6 is 0 Å². The first-order chi connectivity index (χ1) is 19.9. The van der Waals surface area contributed by atoms with Gasteiger partial charge in [0.1, 0.15) is 6.29 Å². The highest BCUT2D eigenvalue weighted by molar-refractivity contribution is 6.11. The van der Waals surface area contributed by atoms with E-state index in [0.29, 0.717) is 36.4 Å². The molecule has 2 aromatic carbocycles. The van der Waals surface area contributed by atoms with Crippen molar-refractivity contribution in [1.82, 2.24) is 0 Å². The molecule has 41 heavy (non-hydrogen) atoms. The fraction of sp³-hybridized carbons (Fsp3) is 0.429. The van der Waals surface area contributed by atoms with Gasteiger partial charge in [-0.1, -0.05) is 88.6 Å². The Morgan fingerprint density at radius 2 is 1.76 bits per heavy atom. The van der Waals surface area contributed by atoms with Crippen LogP contribution < -0.4 is 5.32 Å². The number of hydrogen-bond acceptors (Lipinski definition) is 5. The van der Waals surface area contributed by atoms with Crippen LogP contribution in [0.2, 0.25) is 0 Å². The number of ketones is 1. The molecule has 0 aliphatic heterocycles. The summed E-state index contributed by atoms with van der Waals surface area (Å²) < 4.78 is 4.87. The van der Waals surface area contributed by atoms with Crippen LogP contribution in [-0.2, 0) is 16.0 Å². The van der Waals surface area contributed by atoms with Gasteiger partial charge in [0.05, 0.1) is 12.3 Å². The quantitative estimate of drug-likeness (QED) is 0.0731. The van der Waals surface area contributed by atoms with Crippen molar-refractivity contribution < 1.29 is 19.1 Å². The summed E-state index contributed by atoms with van der Waals surface area (Å²) in [5.74, 6) is 0.790. The van der Waals surface area contributed by atoms with Crippen molar-refractivity contribution in [2.24, 2.45) is 10.9 Å². The van der Waals surface area contributed by atoms with Crippen LogP contribution in [0.15, 0.2) is 77.8 Å². The predicted octanol–water partition coefficient (Wildman–Crippen LogP) is 8.80. The largest absolute Gasteiger partial charge is 0.450 e. The second-order valence-electron chi connectivity index (χ2n) is 9.86. The summed E-state index contributed by atoms with van der Waals surface area (Å²) in [7, 11) is 1.66. The molecule has 0 spiro atoms. The number of allylic oxidation sites excluding steroid dienone is 4. The van der Waals surface area contributed by atoms with Crippen molar-refractivity contribution >= 4 is 29.6 Å². The van der Waals surface area contributed by atoms with E-state index in [1.54, 1.807) is 50.4 Å². The maximum Gasteiger partial charge on any atom is 0.411 e. The molecule has 6 heteroatoms. The van der Waals surface area contributed by atoms with E-state index in [0.717, 1.165) is 29.8 Å². The minimum Gasteiger partial charge on any atom is -0.450 e. The predicted molar refractivity (Wildman–Crippen MR) is 171 cm³/mol. The topological polar surface area (TPSA) is 84.8 Å². The third-order valence-electron chi connectivity index (χ3n) is 6.43. The molecule has 1 unspecified atom stereocenters. The molecule has 1 amide bonds. The summed E-state index contributed by atoms with van der Waals surface area (Å²) in [6.45, 7) is 8.82. The standard InChI is InChI=1S/C24H26N2O4.C11H22/c1-3-30-24(29)26-21-8-4-6-18(16-21)7-5-9-22(28)14-15-23(25-2)20-12-10-19(17-27)11-13-20;1-4-6-7-8-9-10-11(3)5-2/h4,6,8,10-17H,3,5,7,9H2,1-2H3,(H,26,29);9-11H,4-8H2,1-3H3/b15-14-,25-23?;10-9-.